The Morgan fingerprint density at radius 2 is 2.21 bits per heavy atom. The third kappa shape index (κ3) is 2.65. The van der Waals surface area contributed by atoms with Crippen molar-refractivity contribution in [3.63, 3.8) is 0 Å². The number of nitrogens with one attached hydrogen (secondary N) is 1. The molecule has 106 valence electrons. The average Bonchev–Trinajstić information content (AvgIpc) is 2.87. The molecule has 0 amide bonds. The van der Waals surface area contributed by atoms with Crippen LogP contribution in [0.2, 0.25) is 0 Å². The van der Waals surface area contributed by atoms with E-state index in [9.17, 15) is 23.1 Å². The summed E-state index contributed by atoms with van der Waals surface area (Å²) in [5, 5.41) is 17.4. The van der Waals surface area contributed by atoms with E-state index in [1.807, 2.05) is 0 Å². The first-order valence-corrected chi connectivity index (χ1v) is 6.46. The lowest BCUT2D eigenvalue weighted by molar-refractivity contribution is -0.148. The second kappa shape index (κ2) is 4.62. The molecule has 1 saturated carbocycles. The van der Waals surface area contributed by atoms with Crippen LogP contribution < -0.4 is 5.32 Å². The zero-order valence-electron chi connectivity index (χ0n) is 9.99. The van der Waals surface area contributed by atoms with Crippen LogP contribution in [0.5, 0.6) is 0 Å². The minimum atomic E-state index is -4.52. The third-order valence-electron chi connectivity index (χ3n) is 3.41. The van der Waals surface area contributed by atoms with Gasteiger partial charge in [0, 0.05) is 6.04 Å². The van der Waals surface area contributed by atoms with E-state index in [0.717, 1.165) is 0 Å². The fourth-order valence-corrected chi connectivity index (χ4v) is 2.86. The van der Waals surface area contributed by atoms with Crippen molar-refractivity contribution in [1.29, 1.82) is 0 Å². The minimum absolute atomic E-state index is 0.00620. The van der Waals surface area contributed by atoms with Crippen LogP contribution in [0, 0.1) is 5.41 Å². The Morgan fingerprint density at radius 3 is 2.74 bits per heavy atom. The van der Waals surface area contributed by atoms with E-state index >= 15 is 0 Å². The van der Waals surface area contributed by atoms with Gasteiger partial charge in [0.15, 0.2) is 0 Å². The largest absolute Gasteiger partial charge is 0.481 e. The first kappa shape index (κ1) is 14.0. The highest BCUT2D eigenvalue weighted by atomic mass is 32.1. The number of carboxylic acid groups (broad SMARTS) is 1. The minimum Gasteiger partial charge on any atom is -0.481 e. The molecule has 2 N–H and O–H groups in total. The van der Waals surface area contributed by atoms with Crippen LogP contribution in [-0.2, 0) is 11.0 Å². The summed E-state index contributed by atoms with van der Waals surface area (Å²) in [6.45, 7) is 1.59. The Kier molecular flexibility index (Phi) is 3.41. The van der Waals surface area contributed by atoms with Crippen molar-refractivity contribution in [1.82, 2.24) is 10.2 Å². The number of anilines is 1. The Morgan fingerprint density at radius 1 is 1.53 bits per heavy atom. The number of rotatable bonds is 3. The molecule has 0 aromatic carbocycles. The summed E-state index contributed by atoms with van der Waals surface area (Å²) in [7, 11) is 0. The molecule has 1 aromatic heterocycles. The van der Waals surface area contributed by atoms with Crippen LogP contribution in [-0.4, -0.2) is 27.3 Å². The molecule has 0 spiro atoms. The molecule has 5 nitrogen and oxygen atoms in total. The Hall–Kier alpha value is -1.38. The van der Waals surface area contributed by atoms with E-state index in [2.05, 4.69) is 15.5 Å². The van der Waals surface area contributed by atoms with Crippen molar-refractivity contribution >= 4 is 22.4 Å². The van der Waals surface area contributed by atoms with Gasteiger partial charge in [0.2, 0.25) is 10.1 Å². The first-order valence-electron chi connectivity index (χ1n) is 5.64. The molecule has 2 unspecified atom stereocenters. The van der Waals surface area contributed by atoms with Gasteiger partial charge < -0.3 is 10.4 Å². The lowest BCUT2D eigenvalue weighted by Gasteiger charge is -2.27. The molecule has 1 fully saturated rings. The summed E-state index contributed by atoms with van der Waals surface area (Å²) in [5.41, 5.74) is -0.982. The predicted molar refractivity (Wildman–Crippen MR) is 61.9 cm³/mol. The van der Waals surface area contributed by atoms with Crippen molar-refractivity contribution in [3.8, 4) is 0 Å². The maximum Gasteiger partial charge on any atom is 0.445 e. The van der Waals surface area contributed by atoms with Crippen LogP contribution in [0.1, 0.15) is 31.2 Å². The summed E-state index contributed by atoms with van der Waals surface area (Å²) < 4.78 is 37.1. The van der Waals surface area contributed by atoms with Gasteiger partial charge in [-0.3, -0.25) is 4.79 Å². The monoisotopic (exact) mass is 295 g/mol. The highest BCUT2D eigenvalue weighted by Gasteiger charge is 2.46. The summed E-state index contributed by atoms with van der Waals surface area (Å²) in [5.74, 6) is -0.955. The molecule has 1 aliphatic carbocycles. The van der Waals surface area contributed by atoms with E-state index in [1.54, 1.807) is 6.92 Å². The Balaban J connectivity index is 2.13. The number of halogens is 3. The van der Waals surface area contributed by atoms with Crippen molar-refractivity contribution in [3.05, 3.63) is 5.01 Å². The van der Waals surface area contributed by atoms with Crippen LogP contribution in [0.4, 0.5) is 18.3 Å². The summed E-state index contributed by atoms with van der Waals surface area (Å²) >= 11 is 0.388. The smallest absolute Gasteiger partial charge is 0.445 e. The average molecular weight is 295 g/mol. The lowest BCUT2D eigenvalue weighted by Crippen LogP contribution is -2.40. The molecule has 0 saturated heterocycles. The van der Waals surface area contributed by atoms with Gasteiger partial charge in [0.05, 0.1) is 5.41 Å². The summed E-state index contributed by atoms with van der Waals surface area (Å²) in [6.07, 6.45) is -2.73. The van der Waals surface area contributed by atoms with Crippen LogP contribution in [0.3, 0.4) is 0 Å². The number of carbonyl (C=O) groups is 1. The van der Waals surface area contributed by atoms with Crippen molar-refractivity contribution in [2.45, 2.75) is 38.4 Å². The number of alkyl halides is 3. The van der Waals surface area contributed by atoms with Crippen LogP contribution in [0.15, 0.2) is 0 Å². The first-order chi connectivity index (χ1) is 8.73. The molecule has 1 aliphatic rings. The van der Waals surface area contributed by atoms with E-state index < -0.39 is 28.6 Å². The van der Waals surface area contributed by atoms with Crippen molar-refractivity contribution in [2.24, 2.45) is 5.41 Å². The van der Waals surface area contributed by atoms with Gasteiger partial charge in [-0.2, -0.15) is 13.2 Å². The maximum absolute atomic E-state index is 12.4. The molecule has 1 aromatic rings. The highest BCUT2D eigenvalue weighted by Crippen LogP contribution is 2.41. The molecule has 1 heterocycles. The quantitative estimate of drug-likeness (QED) is 0.896. The van der Waals surface area contributed by atoms with Crippen molar-refractivity contribution in [2.75, 3.05) is 5.32 Å². The molecular weight excluding hydrogens is 283 g/mol. The molecule has 0 radical (unpaired) electrons. The van der Waals surface area contributed by atoms with Crippen LogP contribution in [0.25, 0.3) is 0 Å². The fraction of sp³-hybridized carbons (Fsp3) is 0.700. The number of nitrogens with zero attached hydrogens (tertiary/aromatic N) is 2. The van der Waals surface area contributed by atoms with Gasteiger partial charge >= 0.3 is 12.1 Å². The zero-order chi connectivity index (χ0) is 14.3. The second-order valence-electron chi connectivity index (χ2n) is 4.72. The fourth-order valence-electron chi connectivity index (χ4n) is 2.20. The van der Waals surface area contributed by atoms with E-state index in [1.165, 1.54) is 0 Å². The second-order valence-corrected chi connectivity index (χ2v) is 5.70. The standard InChI is InChI=1S/C10H12F3N3O2S/c1-9(7(17)18)4-2-3-5(9)14-8-16-15-6(19-8)10(11,12)13/h5H,2-4H2,1H3,(H,14,16)(H,17,18). The normalized spacial score (nSPS) is 27.5. The van der Waals surface area contributed by atoms with Gasteiger partial charge in [0.25, 0.3) is 0 Å². The van der Waals surface area contributed by atoms with Gasteiger partial charge in [-0.15, -0.1) is 10.2 Å². The molecule has 0 aliphatic heterocycles. The van der Waals surface area contributed by atoms with E-state index in [0.29, 0.717) is 30.6 Å². The number of aliphatic carboxylic acids is 1. The summed E-state index contributed by atoms with van der Waals surface area (Å²) in [4.78, 5) is 11.2. The van der Waals surface area contributed by atoms with Gasteiger partial charge in [-0.25, -0.2) is 0 Å². The number of hydrogen-bond donors (Lipinski definition) is 2. The van der Waals surface area contributed by atoms with Gasteiger partial charge in [-0.1, -0.05) is 17.8 Å². The summed E-state index contributed by atoms with van der Waals surface area (Å²) in [6, 6.07) is -0.431. The predicted octanol–water partition coefficient (Wildman–Crippen LogP) is 2.61. The van der Waals surface area contributed by atoms with Crippen molar-refractivity contribution < 1.29 is 23.1 Å². The molecule has 9 heteroatoms. The molecule has 0 bridgehead atoms. The lowest BCUT2D eigenvalue weighted by atomic mass is 9.85. The zero-order valence-corrected chi connectivity index (χ0v) is 10.8. The number of hydrogen-bond acceptors (Lipinski definition) is 5. The van der Waals surface area contributed by atoms with Gasteiger partial charge in [-0.05, 0) is 19.8 Å². The van der Waals surface area contributed by atoms with E-state index in [4.69, 9.17) is 0 Å². The topological polar surface area (TPSA) is 75.1 Å². The van der Waals surface area contributed by atoms with E-state index in [-0.39, 0.29) is 5.13 Å². The number of aromatic nitrogens is 2. The maximum atomic E-state index is 12.4. The van der Waals surface area contributed by atoms with Crippen LogP contribution >= 0.6 is 11.3 Å². The SMILES string of the molecule is CC1(C(=O)O)CCCC1Nc1nnc(C(F)(F)F)s1. The molecule has 2 atom stereocenters. The molecular formula is C10H12F3N3O2S. The number of carboxylic acids is 1. The molecule has 2 rings (SSSR count). The molecule has 19 heavy (non-hydrogen) atoms. The third-order valence-corrected chi connectivity index (χ3v) is 4.31. The van der Waals surface area contributed by atoms with Gasteiger partial charge in [0.1, 0.15) is 0 Å². The Bertz CT molecular complexity index is 491. The Labute approximate surface area is 110 Å². The highest BCUT2D eigenvalue weighted by molar-refractivity contribution is 7.15.